The lowest BCUT2D eigenvalue weighted by Gasteiger charge is -2.19. The minimum atomic E-state index is -0.499. The fourth-order valence-electron chi connectivity index (χ4n) is 2.76. The minimum absolute atomic E-state index is 0.120. The van der Waals surface area contributed by atoms with E-state index in [9.17, 15) is 9.18 Å². The van der Waals surface area contributed by atoms with Gasteiger partial charge in [0, 0.05) is 19.4 Å². The van der Waals surface area contributed by atoms with Gasteiger partial charge in [-0.05, 0) is 54.8 Å². The van der Waals surface area contributed by atoms with Gasteiger partial charge in [0.1, 0.15) is 23.4 Å². The molecule has 0 radical (unpaired) electrons. The van der Waals surface area contributed by atoms with Crippen LogP contribution in [0.4, 0.5) is 4.39 Å². The topological polar surface area (TPSA) is 56.1 Å². The fraction of sp³-hybridized carbons (Fsp3) is 0.238. The van der Waals surface area contributed by atoms with Gasteiger partial charge in [-0.15, -0.1) is 0 Å². The van der Waals surface area contributed by atoms with Gasteiger partial charge >= 0.3 is 0 Å². The molecule has 140 valence electrons. The average Bonchev–Trinajstić information content (AvgIpc) is 3.07. The van der Waals surface area contributed by atoms with Gasteiger partial charge in [0.05, 0.1) is 0 Å². The lowest BCUT2D eigenvalue weighted by Crippen LogP contribution is -2.34. The average molecular weight is 367 g/mol. The number of rotatable bonds is 6. The number of imidazole rings is 1. The number of hydrogen-bond donors (Lipinski definition) is 1. The lowest BCUT2D eigenvalue weighted by atomic mass is 10.1. The molecular weight excluding hydrogens is 345 g/mol. The van der Waals surface area contributed by atoms with Crippen LogP contribution in [0.15, 0.2) is 54.9 Å². The second-order valence-corrected chi connectivity index (χ2v) is 6.48. The molecule has 0 aliphatic rings. The Balaban J connectivity index is 1.73. The van der Waals surface area contributed by atoms with E-state index in [0.717, 1.165) is 16.7 Å². The van der Waals surface area contributed by atoms with Gasteiger partial charge in [-0.25, -0.2) is 9.37 Å². The molecular formula is C21H22FN3O2. The zero-order valence-corrected chi connectivity index (χ0v) is 15.6. The third-order valence-electron chi connectivity index (χ3n) is 4.47. The molecule has 1 atom stereocenters. The predicted octanol–water partition coefficient (Wildman–Crippen LogP) is 3.46. The van der Waals surface area contributed by atoms with E-state index in [1.165, 1.54) is 12.1 Å². The van der Waals surface area contributed by atoms with Crippen LogP contribution in [0.25, 0.3) is 0 Å². The van der Waals surface area contributed by atoms with E-state index in [-0.39, 0.29) is 18.3 Å². The van der Waals surface area contributed by atoms with Crippen LogP contribution in [0.1, 0.15) is 28.6 Å². The molecule has 1 N–H and O–H groups in total. The van der Waals surface area contributed by atoms with E-state index in [1.54, 1.807) is 24.5 Å². The predicted molar refractivity (Wildman–Crippen MR) is 101 cm³/mol. The monoisotopic (exact) mass is 367 g/mol. The first-order valence-corrected chi connectivity index (χ1v) is 8.66. The molecule has 1 amide bonds. The Morgan fingerprint density at radius 3 is 2.56 bits per heavy atom. The number of hydrogen-bond acceptors (Lipinski definition) is 3. The molecule has 1 aromatic heterocycles. The van der Waals surface area contributed by atoms with Gasteiger partial charge < -0.3 is 14.6 Å². The zero-order valence-electron chi connectivity index (χ0n) is 15.6. The maximum Gasteiger partial charge on any atom is 0.258 e. The third-order valence-corrected chi connectivity index (χ3v) is 4.47. The van der Waals surface area contributed by atoms with Crippen LogP contribution in [-0.4, -0.2) is 22.1 Å². The summed E-state index contributed by atoms with van der Waals surface area (Å²) < 4.78 is 20.7. The second-order valence-electron chi connectivity index (χ2n) is 6.48. The zero-order chi connectivity index (χ0) is 19.4. The molecule has 0 aliphatic heterocycles. The van der Waals surface area contributed by atoms with Crippen molar-refractivity contribution in [3.05, 3.63) is 83.2 Å². The van der Waals surface area contributed by atoms with E-state index in [1.807, 2.05) is 43.7 Å². The molecule has 0 bridgehead atoms. The molecule has 27 heavy (non-hydrogen) atoms. The Labute approximate surface area is 157 Å². The smallest absolute Gasteiger partial charge is 0.258 e. The molecule has 0 saturated heterocycles. The number of nitrogens with zero attached hydrogens (tertiary/aromatic N) is 2. The summed E-state index contributed by atoms with van der Waals surface area (Å²) >= 11 is 0. The highest BCUT2D eigenvalue weighted by Gasteiger charge is 2.21. The molecule has 2 aromatic carbocycles. The number of nitrogens with one attached hydrogen (secondary N) is 1. The largest absolute Gasteiger partial charge is 0.484 e. The van der Waals surface area contributed by atoms with E-state index in [4.69, 9.17) is 4.74 Å². The number of aryl methyl sites for hydroxylation is 3. The Hall–Kier alpha value is -3.15. The van der Waals surface area contributed by atoms with E-state index in [0.29, 0.717) is 11.6 Å². The van der Waals surface area contributed by atoms with Gasteiger partial charge in [0.15, 0.2) is 6.61 Å². The Morgan fingerprint density at radius 2 is 1.93 bits per heavy atom. The van der Waals surface area contributed by atoms with Crippen LogP contribution in [-0.2, 0) is 11.8 Å². The number of carbonyl (C=O) groups excluding carboxylic acids is 1. The van der Waals surface area contributed by atoms with Crippen LogP contribution in [0.3, 0.4) is 0 Å². The summed E-state index contributed by atoms with van der Waals surface area (Å²) in [7, 11) is 1.84. The van der Waals surface area contributed by atoms with E-state index in [2.05, 4.69) is 10.3 Å². The SMILES string of the molecule is Cc1ccc(OCC(=O)NC(c2ccc(F)cc2)c2nccn2C)cc1C. The molecule has 3 rings (SSSR count). The van der Waals surface area contributed by atoms with Crippen molar-refractivity contribution in [2.75, 3.05) is 6.61 Å². The number of ether oxygens (including phenoxy) is 1. The Bertz CT molecular complexity index is 935. The van der Waals surface area contributed by atoms with Crippen molar-refractivity contribution in [1.82, 2.24) is 14.9 Å². The highest BCUT2D eigenvalue weighted by Crippen LogP contribution is 2.21. The van der Waals surface area contributed by atoms with Crippen molar-refractivity contribution in [2.45, 2.75) is 19.9 Å². The minimum Gasteiger partial charge on any atom is -0.484 e. The summed E-state index contributed by atoms with van der Waals surface area (Å²) in [6.07, 6.45) is 3.45. The summed E-state index contributed by atoms with van der Waals surface area (Å²) in [6, 6.07) is 11.2. The third kappa shape index (κ3) is 4.53. The van der Waals surface area contributed by atoms with Crippen LogP contribution < -0.4 is 10.1 Å². The Kier molecular flexibility index (Phi) is 5.54. The summed E-state index contributed by atoms with van der Waals surface area (Å²) in [6.45, 7) is 3.89. The standard InChI is InChI=1S/C21H22FN3O2/c1-14-4-9-18(12-15(14)2)27-13-19(26)24-20(21-23-10-11-25(21)3)16-5-7-17(22)8-6-16/h4-12,20H,13H2,1-3H3,(H,24,26). The van der Waals surface area contributed by atoms with Crippen LogP contribution in [0.5, 0.6) is 5.75 Å². The van der Waals surface area contributed by atoms with Crippen LogP contribution >= 0.6 is 0 Å². The molecule has 0 spiro atoms. The molecule has 1 unspecified atom stereocenters. The number of amides is 1. The van der Waals surface area contributed by atoms with E-state index < -0.39 is 6.04 Å². The maximum absolute atomic E-state index is 13.3. The first-order valence-electron chi connectivity index (χ1n) is 8.66. The number of halogens is 1. The first-order chi connectivity index (χ1) is 12.9. The molecule has 3 aromatic rings. The van der Waals surface area contributed by atoms with Crippen molar-refractivity contribution >= 4 is 5.91 Å². The van der Waals surface area contributed by atoms with Crippen molar-refractivity contribution in [3.8, 4) is 5.75 Å². The molecule has 5 nitrogen and oxygen atoms in total. The number of benzene rings is 2. The van der Waals surface area contributed by atoms with Gasteiger partial charge in [-0.2, -0.15) is 0 Å². The normalized spacial score (nSPS) is 11.9. The maximum atomic E-state index is 13.3. The summed E-state index contributed by atoms with van der Waals surface area (Å²) in [4.78, 5) is 16.8. The molecule has 0 saturated carbocycles. The van der Waals surface area contributed by atoms with E-state index >= 15 is 0 Å². The number of aromatic nitrogens is 2. The van der Waals surface area contributed by atoms with Crippen molar-refractivity contribution in [1.29, 1.82) is 0 Å². The summed E-state index contributed by atoms with van der Waals surface area (Å²) in [5, 5.41) is 2.92. The van der Waals surface area contributed by atoms with Gasteiger partial charge in [0.25, 0.3) is 5.91 Å². The first kappa shape index (κ1) is 18.6. The van der Waals surface area contributed by atoms with Gasteiger partial charge in [-0.3, -0.25) is 4.79 Å². The molecule has 0 fully saturated rings. The highest BCUT2D eigenvalue weighted by atomic mass is 19.1. The quantitative estimate of drug-likeness (QED) is 0.726. The summed E-state index contributed by atoms with van der Waals surface area (Å²) in [5.74, 6) is 0.678. The van der Waals surface area contributed by atoms with Gasteiger partial charge in [-0.1, -0.05) is 18.2 Å². The van der Waals surface area contributed by atoms with Crippen LogP contribution in [0.2, 0.25) is 0 Å². The lowest BCUT2D eigenvalue weighted by molar-refractivity contribution is -0.123. The molecule has 0 aliphatic carbocycles. The van der Waals surface area contributed by atoms with Crippen molar-refractivity contribution in [3.63, 3.8) is 0 Å². The van der Waals surface area contributed by atoms with Gasteiger partial charge in [0.2, 0.25) is 0 Å². The Morgan fingerprint density at radius 1 is 1.19 bits per heavy atom. The molecule has 6 heteroatoms. The number of carbonyl (C=O) groups is 1. The van der Waals surface area contributed by atoms with Crippen molar-refractivity contribution < 1.29 is 13.9 Å². The summed E-state index contributed by atoms with van der Waals surface area (Å²) in [5.41, 5.74) is 3.01. The van der Waals surface area contributed by atoms with Crippen LogP contribution in [0, 0.1) is 19.7 Å². The van der Waals surface area contributed by atoms with Crippen molar-refractivity contribution in [2.24, 2.45) is 7.05 Å². The molecule has 1 heterocycles. The fourth-order valence-corrected chi connectivity index (χ4v) is 2.76. The second kappa shape index (κ2) is 8.03. The highest BCUT2D eigenvalue weighted by molar-refractivity contribution is 5.78.